The van der Waals surface area contributed by atoms with Crippen LogP contribution in [0.3, 0.4) is 0 Å². The molecule has 14 heavy (non-hydrogen) atoms. The highest BCUT2D eigenvalue weighted by Crippen LogP contribution is 2.23. The van der Waals surface area contributed by atoms with Gasteiger partial charge in [-0.1, -0.05) is 18.1 Å². The Labute approximate surface area is 86.6 Å². The van der Waals surface area contributed by atoms with Crippen molar-refractivity contribution >= 4 is 0 Å². The highest BCUT2D eigenvalue weighted by Gasteiger charge is 2.22. The van der Waals surface area contributed by atoms with Crippen molar-refractivity contribution in [2.75, 3.05) is 19.7 Å². The first kappa shape index (κ1) is 10.2. The zero-order valence-corrected chi connectivity index (χ0v) is 8.91. The summed E-state index contributed by atoms with van der Waals surface area (Å²) in [5.74, 6) is 0. The summed E-state index contributed by atoms with van der Waals surface area (Å²) >= 11 is 0. The average molecular weight is 195 g/mol. The number of allylic oxidation sites excluding steroid dienone is 1. The third kappa shape index (κ3) is 2.37. The van der Waals surface area contributed by atoms with E-state index in [0.717, 1.165) is 6.54 Å². The number of hydrogen-bond acceptors (Lipinski definition) is 2. The van der Waals surface area contributed by atoms with E-state index < -0.39 is 0 Å². The van der Waals surface area contributed by atoms with Crippen molar-refractivity contribution in [1.82, 2.24) is 4.90 Å². The molecule has 1 N–H and O–H groups in total. The molecule has 0 radical (unpaired) electrons. The lowest BCUT2D eigenvalue weighted by Crippen LogP contribution is -2.42. The molecular formula is C12H21NO. The van der Waals surface area contributed by atoms with Gasteiger partial charge < -0.3 is 5.11 Å². The van der Waals surface area contributed by atoms with E-state index in [1.807, 2.05) is 0 Å². The first-order chi connectivity index (χ1) is 6.90. The van der Waals surface area contributed by atoms with Crippen molar-refractivity contribution in [3.8, 4) is 0 Å². The summed E-state index contributed by atoms with van der Waals surface area (Å²) in [6, 6.07) is 0.435. The van der Waals surface area contributed by atoms with Crippen LogP contribution < -0.4 is 0 Å². The summed E-state index contributed by atoms with van der Waals surface area (Å²) in [6.07, 6.45) is 10.1. The second kappa shape index (κ2) is 4.94. The molecule has 0 aromatic carbocycles. The maximum absolute atomic E-state index is 9.27. The van der Waals surface area contributed by atoms with Gasteiger partial charge in [0.1, 0.15) is 0 Å². The van der Waals surface area contributed by atoms with Gasteiger partial charge in [0, 0.05) is 12.6 Å². The van der Waals surface area contributed by atoms with Crippen LogP contribution in [-0.2, 0) is 0 Å². The Morgan fingerprint density at radius 2 is 2.29 bits per heavy atom. The van der Waals surface area contributed by atoms with Gasteiger partial charge in [0.15, 0.2) is 0 Å². The van der Waals surface area contributed by atoms with Gasteiger partial charge in [-0.25, -0.2) is 0 Å². The molecule has 2 aliphatic rings. The van der Waals surface area contributed by atoms with E-state index in [9.17, 15) is 5.11 Å². The third-order valence-corrected chi connectivity index (χ3v) is 3.50. The summed E-state index contributed by atoms with van der Waals surface area (Å²) < 4.78 is 0. The number of piperidine rings is 1. The van der Waals surface area contributed by atoms with E-state index >= 15 is 0 Å². The molecule has 1 atom stereocenters. The van der Waals surface area contributed by atoms with Gasteiger partial charge in [-0.2, -0.15) is 0 Å². The number of likely N-dealkylation sites (tertiary alicyclic amines) is 1. The van der Waals surface area contributed by atoms with Crippen LogP contribution in [0.15, 0.2) is 11.6 Å². The van der Waals surface area contributed by atoms with Crippen molar-refractivity contribution in [2.45, 2.75) is 44.6 Å². The number of rotatable bonds is 3. The van der Waals surface area contributed by atoms with Crippen LogP contribution in [0.5, 0.6) is 0 Å². The third-order valence-electron chi connectivity index (χ3n) is 3.50. The van der Waals surface area contributed by atoms with Crippen molar-refractivity contribution in [2.24, 2.45) is 0 Å². The van der Waals surface area contributed by atoms with E-state index in [0.29, 0.717) is 12.6 Å². The van der Waals surface area contributed by atoms with E-state index in [4.69, 9.17) is 0 Å². The Morgan fingerprint density at radius 3 is 3.00 bits per heavy atom. The Hall–Kier alpha value is -0.340. The molecule has 0 amide bonds. The SMILES string of the molecule is OCC1CCCCN1CC1=CCCC1. The Morgan fingerprint density at radius 1 is 1.36 bits per heavy atom. The minimum atomic E-state index is 0.341. The predicted octanol–water partition coefficient (Wildman–Crippen LogP) is 1.94. The molecule has 1 aliphatic carbocycles. The van der Waals surface area contributed by atoms with Gasteiger partial charge in [0.05, 0.1) is 6.61 Å². The molecule has 2 rings (SSSR count). The fraction of sp³-hybridized carbons (Fsp3) is 0.833. The number of nitrogens with zero attached hydrogens (tertiary/aromatic N) is 1. The lowest BCUT2D eigenvalue weighted by Gasteiger charge is -2.34. The van der Waals surface area contributed by atoms with Crippen LogP contribution in [0.4, 0.5) is 0 Å². The average Bonchev–Trinajstić information content (AvgIpc) is 2.71. The summed E-state index contributed by atoms with van der Waals surface area (Å²) in [6.45, 7) is 2.64. The first-order valence-electron chi connectivity index (χ1n) is 5.93. The zero-order chi connectivity index (χ0) is 9.80. The van der Waals surface area contributed by atoms with Gasteiger partial charge in [-0.05, 0) is 38.6 Å². The van der Waals surface area contributed by atoms with Gasteiger partial charge in [0.2, 0.25) is 0 Å². The second-order valence-electron chi connectivity index (χ2n) is 4.56. The monoisotopic (exact) mass is 195 g/mol. The normalized spacial score (nSPS) is 29.2. The molecule has 80 valence electrons. The van der Waals surface area contributed by atoms with E-state index in [1.165, 1.54) is 45.1 Å². The molecular weight excluding hydrogens is 174 g/mol. The minimum absolute atomic E-state index is 0.341. The topological polar surface area (TPSA) is 23.5 Å². The summed E-state index contributed by atoms with van der Waals surface area (Å²) in [7, 11) is 0. The molecule has 0 aromatic heterocycles. The van der Waals surface area contributed by atoms with Crippen LogP contribution >= 0.6 is 0 Å². The fourth-order valence-corrected chi connectivity index (χ4v) is 2.62. The van der Waals surface area contributed by atoms with Crippen molar-refractivity contribution in [3.63, 3.8) is 0 Å². The maximum Gasteiger partial charge on any atom is 0.0586 e. The Balaban J connectivity index is 1.87. The molecule has 2 heteroatoms. The van der Waals surface area contributed by atoms with E-state index in [1.54, 1.807) is 5.57 Å². The predicted molar refractivity (Wildman–Crippen MR) is 58.2 cm³/mol. The number of aliphatic hydroxyl groups is 1. The number of aliphatic hydroxyl groups excluding tert-OH is 1. The van der Waals surface area contributed by atoms with Crippen LogP contribution in [0.25, 0.3) is 0 Å². The van der Waals surface area contributed by atoms with Crippen LogP contribution in [0.1, 0.15) is 38.5 Å². The molecule has 0 spiro atoms. The molecule has 2 nitrogen and oxygen atoms in total. The summed E-state index contributed by atoms with van der Waals surface area (Å²) in [5.41, 5.74) is 1.60. The molecule has 1 saturated heterocycles. The highest BCUT2D eigenvalue weighted by molar-refractivity contribution is 5.10. The largest absolute Gasteiger partial charge is 0.395 e. The number of hydrogen-bond donors (Lipinski definition) is 1. The van der Waals surface area contributed by atoms with Gasteiger partial charge in [0.25, 0.3) is 0 Å². The lowest BCUT2D eigenvalue weighted by atomic mass is 10.0. The first-order valence-corrected chi connectivity index (χ1v) is 5.93. The minimum Gasteiger partial charge on any atom is -0.395 e. The Kier molecular flexibility index (Phi) is 3.60. The lowest BCUT2D eigenvalue weighted by molar-refractivity contribution is 0.0982. The van der Waals surface area contributed by atoms with E-state index in [2.05, 4.69) is 11.0 Å². The van der Waals surface area contributed by atoms with Crippen LogP contribution in [-0.4, -0.2) is 35.7 Å². The molecule has 0 aromatic rings. The summed E-state index contributed by atoms with van der Waals surface area (Å²) in [5, 5.41) is 9.27. The standard InChI is InChI=1S/C12H21NO/c14-10-12-7-3-4-8-13(12)9-11-5-1-2-6-11/h5,12,14H,1-4,6-10H2. The second-order valence-corrected chi connectivity index (χ2v) is 4.56. The molecule has 1 aliphatic heterocycles. The Bertz CT molecular complexity index is 212. The van der Waals surface area contributed by atoms with Crippen LogP contribution in [0, 0.1) is 0 Å². The summed E-state index contributed by atoms with van der Waals surface area (Å²) in [4.78, 5) is 2.47. The fourth-order valence-electron chi connectivity index (χ4n) is 2.62. The van der Waals surface area contributed by atoms with Crippen molar-refractivity contribution < 1.29 is 5.11 Å². The van der Waals surface area contributed by atoms with Crippen LogP contribution in [0.2, 0.25) is 0 Å². The molecule has 1 heterocycles. The highest BCUT2D eigenvalue weighted by atomic mass is 16.3. The van der Waals surface area contributed by atoms with Gasteiger partial charge in [-0.3, -0.25) is 4.90 Å². The maximum atomic E-state index is 9.27. The molecule has 1 fully saturated rings. The van der Waals surface area contributed by atoms with E-state index in [-0.39, 0.29) is 0 Å². The smallest absolute Gasteiger partial charge is 0.0586 e. The quantitative estimate of drug-likeness (QED) is 0.696. The van der Waals surface area contributed by atoms with Crippen molar-refractivity contribution in [3.05, 3.63) is 11.6 Å². The van der Waals surface area contributed by atoms with Gasteiger partial charge >= 0.3 is 0 Å². The zero-order valence-electron chi connectivity index (χ0n) is 8.91. The van der Waals surface area contributed by atoms with Crippen molar-refractivity contribution in [1.29, 1.82) is 0 Å². The molecule has 0 saturated carbocycles. The molecule has 1 unspecified atom stereocenters. The molecule has 0 bridgehead atoms. The van der Waals surface area contributed by atoms with Gasteiger partial charge in [-0.15, -0.1) is 0 Å².